The first-order valence-electron chi connectivity index (χ1n) is 7.45. The fourth-order valence-corrected chi connectivity index (χ4v) is 2.78. The van der Waals surface area contributed by atoms with Gasteiger partial charge in [-0.1, -0.05) is 7.43 Å². The van der Waals surface area contributed by atoms with Gasteiger partial charge in [0.05, 0.1) is 18.4 Å². The lowest BCUT2D eigenvalue weighted by Crippen LogP contribution is -2.17. The molecule has 0 aromatic heterocycles. The zero-order valence-corrected chi connectivity index (χ0v) is 14.1. The molecule has 3 nitrogen and oxygen atoms in total. The number of rotatable bonds is 7. The van der Waals surface area contributed by atoms with Gasteiger partial charge in [-0.3, -0.25) is 9.59 Å². The summed E-state index contributed by atoms with van der Waals surface area (Å²) in [7, 11) is 0. The van der Waals surface area contributed by atoms with Crippen molar-refractivity contribution in [2.45, 2.75) is 38.3 Å². The minimum atomic E-state index is -4.49. The minimum absolute atomic E-state index is 0. The average molecular weight is 374 g/mol. The summed E-state index contributed by atoms with van der Waals surface area (Å²) in [6, 6.07) is 2.90. The van der Waals surface area contributed by atoms with Gasteiger partial charge in [0.25, 0.3) is 0 Å². The molecule has 0 spiro atoms. The number of carbonyl (C=O) groups excluding carboxylic acids is 2. The van der Waals surface area contributed by atoms with Gasteiger partial charge < -0.3 is 4.74 Å². The third-order valence-corrected chi connectivity index (χ3v) is 4.38. The highest BCUT2D eigenvalue weighted by molar-refractivity contribution is 7.98. The first-order valence-corrected chi connectivity index (χ1v) is 8.68. The number of thioether (sulfide) groups is 1. The van der Waals surface area contributed by atoms with E-state index in [4.69, 9.17) is 4.74 Å². The van der Waals surface area contributed by atoms with E-state index in [0.717, 1.165) is 49.1 Å². The minimum Gasteiger partial charge on any atom is -0.501 e. The quantitative estimate of drug-likeness (QED) is 0.165. The summed E-state index contributed by atoms with van der Waals surface area (Å²) in [5.41, 5.74) is -0.850. The molecule has 0 heterocycles. The fourth-order valence-electron chi connectivity index (χ4n) is 2.16. The van der Waals surface area contributed by atoms with E-state index in [9.17, 15) is 22.8 Å². The maximum atomic E-state index is 12.8. The van der Waals surface area contributed by atoms with Crippen LogP contribution in [-0.4, -0.2) is 24.4 Å². The maximum absolute atomic E-state index is 12.8. The van der Waals surface area contributed by atoms with Crippen LogP contribution in [-0.2, 0) is 15.7 Å². The number of hydrogen-bond donors (Lipinski definition) is 0. The standard InChI is InChI=1S/C17H17F3O3S.CH4/c1-3-23-9-13(15(21)10-4-5-10)16(22)12-7-6-11(17(18,19)20)8-14(12)24-2;/h6-10H,3-5H2,1-2H3;1H4/b13-9+;. The van der Waals surface area contributed by atoms with Crippen molar-refractivity contribution in [1.82, 2.24) is 0 Å². The van der Waals surface area contributed by atoms with Gasteiger partial charge in [0.15, 0.2) is 5.78 Å². The zero-order chi connectivity index (χ0) is 17.9. The number of benzene rings is 1. The van der Waals surface area contributed by atoms with Crippen molar-refractivity contribution in [1.29, 1.82) is 0 Å². The fraction of sp³-hybridized carbons (Fsp3) is 0.444. The molecule has 25 heavy (non-hydrogen) atoms. The van der Waals surface area contributed by atoms with Gasteiger partial charge in [0.2, 0.25) is 5.78 Å². The van der Waals surface area contributed by atoms with E-state index < -0.39 is 17.5 Å². The second-order valence-electron chi connectivity index (χ2n) is 5.37. The molecule has 7 heteroatoms. The molecule has 0 N–H and O–H groups in total. The Labute approximate surface area is 149 Å². The SMILES string of the molecule is C.CCO/C=C(/C(=O)c1ccc(C(F)(F)F)cc1SC)C(=O)C1CC1. The number of allylic oxidation sites excluding steroid dienone is 1. The molecular formula is C18H21F3O3S. The number of hydrogen-bond acceptors (Lipinski definition) is 4. The molecule has 0 atom stereocenters. The Kier molecular flexibility index (Phi) is 7.29. The van der Waals surface area contributed by atoms with E-state index in [0.29, 0.717) is 0 Å². The van der Waals surface area contributed by atoms with Crippen molar-refractivity contribution in [3.63, 3.8) is 0 Å². The number of alkyl halides is 3. The second-order valence-corrected chi connectivity index (χ2v) is 6.22. The number of ether oxygens (including phenoxy) is 1. The van der Waals surface area contributed by atoms with Crippen LogP contribution in [0.3, 0.4) is 0 Å². The number of halogens is 3. The van der Waals surface area contributed by atoms with Crippen LogP contribution in [0.4, 0.5) is 13.2 Å². The third kappa shape index (κ3) is 5.11. The van der Waals surface area contributed by atoms with Gasteiger partial charge in [-0.2, -0.15) is 13.2 Å². The Morgan fingerprint density at radius 1 is 1.32 bits per heavy atom. The maximum Gasteiger partial charge on any atom is 0.416 e. The Bertz CT molecular complexity index is 677. The first kappa shape index (κ1) is 21.3. The van der Waals surface area contributed by atoms with Gasteiger partial charge in [-0.15, -0.1) is 11.8 Å². The van der Waals surface area contributed by atoms with Gasteiger partial charge in [0, 0.05) is 16.4 Å². The highest BCUT2D eigenvalue weighted by Gasteiger charge is 2.36. The molecule has 0 aliphatic heterocycles. The third-order valence-electron chi connectivity index (χ3n) is 3.60. The highest BCUT2D eigenvalue weighted by Crippen LogP contribution is 2.36. The van der Waals surface area contributed by atoms with Crippen molar-refractivity contribution in [2.24, 2.45) is 5.92 Å². The lowest BCUT2D eigenvalue weighted by Gasteiger charge is -2.12. The normalized spacial score (nSPS) is 14.7. The molecule has 0 unspecified atom stereocenters. The van der Waals surface area contributed by atoms with Crippen molar-refractivity contribution in [3.05, 3.63) is 41.2 Å². The van der Waals surface area contributed by atoms with E-state index in [1.165, 1.54) is 0 Å². The van der Waals surface area contributed by atoms with E-state index in [2.05, 4.69) is 0 Å². The molecule has 0 saturated heterocycles. The van der Waals surface area contributed by atoms with Crippen LogP contribution < -0.4 is 0 Å². The molecule has 1 fully saturated rings. The summed E-state index contributed by atoms with van der Waals surface area (Å²) in [6.07, 6.45) is -0.332. The summed E-state index contributed by atoms with van der Waals surface area (Å²) >= 11 is 1.03. The Morgan fingerprint density at radius 3 is 2.44 bits per heavy atom. The lowest BCUT2D eigenvalue weighted by molar-refractivity contribution is -0.137. The number of Topliss-reactive ketones (excluding diaryl/α,β-unsaturated/α-hetero) is 2. The van der Waals surface area contributed by atoms with Crippen molar-refractivity contribution in [2.75, 3.05) is 12.9 Å². The van der Waals surface area contributed by atoms with Crippen molar-refractivity contribution < 1.29 is 27.5 Å². The van der Waals surface area contributed by atoms with E-state index in [-0.39, 0.29) is 41.8 Å². The Balaban J connectivity index is 0.00000312. The summed E-state index contributed by atoms with van der Waals surface area (Å²) in [4.78, 5) is 25.2. The molecule has 2 rings (SSSR count). The Hall–Kier alpha value is -1.76. The molecular weight excluding hydrogens is 353 g/mol. The molecule has 1 aromatic carbocycles. The first-order chi connectivity index (χ1) is 11.3. The van der Waals surface area contributed by atoms with Crippen LogP contribution >= 0.6 is 11.8 Å². The van der Waals surface area contributed by atoms with Crippen LogP contribution in [0.2, 0.25) is 0 Å². The average Bonchev–Trinajstić information content (AvgIpc) is 3.38. The van der Waals surface area contributed by atoms with Gasteiger partial charge in [-0.25, -0.2) is 0 Å². The predicted octanol–water partition coefficient (Wildman–Crippen LogP) is 5.15. The summed E-state index contributed by atoms with van der Waals surface area (Å²) < 4.78 is 43.6. The highest BCUT2D eigenvalue weighted by atomic mass is 32.2. The van der Waals surface area contributed by atoms with Crippen LogP contribution in [0.15, 0.2) is 34.9 Å². The molecule has 1 aliphatic carbocycles. The van der Waals surface area contributed by atoms with Crippen LogP contribution in [0.25, 0.3) is 0 Å². The zero-order valence-electron chi connectivity index (χ0n) is 13.3. The largest absolute Gasteiger partial charge is 0.501 e. The molecule has 0 radical (unpaired) electrons. The van der Waals surface area contributed by atoms with E-state index >= 15 is 0 Å². The van der Waals surface area contributed by atoms with Crippen LogP contribution in [0, 0.1) is 5.92 Å². The number of ketones is 2. The molecule has 0 amide bonds. The molecule has 0 bridgehead atoms. The Morgan fingerprint density at radius 2 is 1.96 bits per heavy atom. The smallest absolute Gasteiger partial charge is 0.416 e. The van der Waals surface area contributed by atoms with Gasteiger partial charge in [-0.05, 0) is 44.2 Å². The summed E-state index contributed by atoms with van der Waals surface area (Å²) in [5, 5.41) is 0. The van der Waals surface area contributed by atoms with Crippen molar-refractivity contribution in [3.8, 4) is 0 Å². The molecule has 1 saturated carbocycles. The summed E-state index contributed by atoms with van der Waals surface area (Å²) in [5.74, 6) is -1.09. The van der Waals surface area contributed by atoms with Crippen molar-refractivity contribution >= 4 is 23.3 Å². The lowest BCUT2D eigenvalue weighted by atomic mass is 9.97. The van der Waals surface area contributed by atoms with Gasteiger partial charge in [0.1, 0.15) is 5.57 Å². The van der Waals surface area contributed by atoms with Crippen LogP contribution in [0.1, 0.15) is 43.1 Å². The van der Waals surface area contributed by atoms with Crippen LogP contribution in [0.5, 0.6) is 0 Å². The van der Waals surface area contributed by atoms with E-state index in [1.807, 2.05) is 0 Å². The molecule has 1 aliphatic rings. The van der Waals surface area contributed by atoms with Gasteiger partial charge >= 0.3 is 6.18 Å². The topological polar surface area (TPSA) is 43.4 Å². The van der Waals surface area contributed by atoms with E-state index in [1.54, 1.807) is 13.2 Å². The summed E-state index contributed by atoms with van der Waals surface area (Å²) in [6.45, 7) is 2.00. The number of carbonyl (C=O) groups is 2. The monoisotopic (exact) mass is 374 g/mol. The molecule has 138 valence electrons. The predicted molar refractivity (Wildman–Crippen MR) is 91.7 cm³/mol. The molecule has 1 aromatic rings. The second kappa shape index (κ2) is 8.56.